The molecule has 6 N–H and O–H groups in total. The molecule has 35 heteroatoms. The van der Waals surface area contributed by atoms with Gasteiger partial charge in [-0.2, -0.15) is 52.5 Å². The Morgan fingerprint density at radius 2 is 1.33 bits per heavy atom. The molecule has 0 aliphatic carbocycles. The monoisotopic (exact) mass is 1220 g/mol. The summed E-state index contributed by atoms with van der Waals surface area (Å²) in [5, 5.41) is 46.2. The van der Waals surface area contributed by atoms with Crippen molar-refractivity contribution >= 4 is 145 Å². The van der Waals surface area contributed by atoms with Gasteiger partial charge in [0.25, 0.3) is 50.6 Å². The van der Waals surface area contributed by atoms with E-state index in [0.29, 0.717) is 40.1 Å². The average Bonchev–Trinajstić information content (AvgIpc) is 4.05. The van der Waals surface area contributed by atoms with E-state index < -0.39 is 87.7 Å². The molecule has 0 atom stereocenters. The van der Waals surface area contributed by atoms with Gasteiger partial charge in [0.05, 0.1) is 51.5 Å². The zero-order chi connectivity index (χ0) is 57.6. The van der Waals surface area contributed by atoms with Gasteiger partial charge in [-0.05, 0) is 80.5 Å². The van der Waals surface area contributed by atoms with Crippen molar-refractivity contribution < 1.29 is 79.4 Å². The van der Waals surface area contributed by atoms with Gasteiger partial charge in [-0.25, -0.2) is 9.97 Å². The van der Waals surface area contributed by atoms with E-state index in [-0.39, 0.29) is 108 Å². The summed E-state index contributed by atoms with van der Waals surface area (Å²) in [6.07, 6.45) is -0.235. The summed E-state index contributed by atoms with van der Waals surface area (Å²) in [7, 11) is -23.2. The number of para-hydroxylation sites is 2. The standard InChI is InChI=1S/C44H38N10O18S7/c1-22-14-30(49-52-39-23(2)27(21-45)42-46-28-8-4-5-9-33(28)54(42)43(39)55)35(72-10-6-12-75(56,57)58)18-29(22)48-51-32-19-34(71-3)31(20-36(32)73-11-7-13-76(59,60)61)50-53-44-47-40-38(79(68,69)70)17-25-26(41(40)74-44)15-24(77(62,63)64)16-37(25)78(65,66)67/h4-5,8-9,14-20,55H,6-7,10-13H2,1-3H3,(H,56,57,58)(H,59,60,61)(H,62,63,64)(H,65,66,67)(H,68,69,70). The Labute approximate surface area is 456 Å². The Kier molecular flexibility index (Phi) is 16.2. The van der Waals surface area contributed by atoms with Crippen LogP contribution in [0, 0.1) is 25.2 Å². The van der Waals surface area contributed by atoms with Crippen molar-refractivity contribution in [2.24, 2.45) is 30.7 Å². The minimum absolute atomic E-state index is 0.0251. The number of azo groups is 3. The van der Waals surface area contributed by atoms with Crippen LogP contribution in [0.25, 0.3) is 37.7 Å². The number of aromatic hydroxyl groups is 1. The maximum Gasteiger partial charge on any atom is 0.296 e. The second-order valence-electron chi connectivity index (χ2n) is 16.7. The third kappa shape index (κ3) is 13.0. The molecular weight excluding hydrogens is 1180 g/mol. The van der Waals surface area contributed by atoms with Gasteiger partial charge >= 0.3 is 0 Å². The number of thiazole rings is 1. The Morgan fingerprint density at radius 3 is 1.99 bits per heavy atom. The predicted octanol–water partition coefficient (Wildman–Crippen LogP) is 9.47. The lowest BCUT2D eigenvalue weighted by molar-refractivity contribution is 0.317. The van der Waals surface area contributed by atoms with E-state index in [4.69, 9.17) is 9.47 Å². The fourth-order valence-electron chi connectivity index (χ4n) is 7.71. The first-order valence-electron chi connectivity index (χ1n) is 22.1. The van der Waals surface area contributed by atoms with E-state index in [1.54, 1.807) is 38.1 Å². The molecule has 79 heavy (non-hydrogen) atoms. The normalized spacial score (nSPS) is 13.1. The van der Waals surface area contributed by atoms with Crippen molar-refractivity contribution in [2.45, 2.75) is 46.3 Å². The predicted molar refractivity (Wildman–Crippen MR) is 285 cm³/mol. The SMILES string of the molecule is COc1cc(N=Nc2cc(OCCCS(=O)(=O)O)c(N=Nc3c(C)c(C#N)c4nc5ccccc5n4c3O)cc2C)c(SCCCS(=O)(=O)O)cc1N=Nc1nc2c(S(=O)(=O)O)cc3c(S(=O)(=O)O)cc(S(=O)(=O)O)cc3c2s1. The molecule has 0 aliphatic rings. The molecule has 3 aromatic heterocycles. The van der Waals surface area contributed by atoms with Crippen LogP contribution in [-0.2, 0) is 50.6 Å². The summed E-state index contributed by atoms with van der Waals surface area (Å²) in [5.41, 5.74) is 1.52. The van der Waals surface area contributed by atoms with Crippen LogP contribution in [0.4, 0.5) is 33.6 Å². The second-order valence-corrected chi connectivity index (χ2v) is 26.2. The van der Waals surface area contributed by atoms with Crippen molar-refractivity contribution in [1.29, 1.82) is 5.26 Å². The number of fused-ring (bicyclic) bond motifs is 6. The van der Waals surface area contributed by atoms with Gasteiger partial charge in [0.15, 0.2) is 11.3 Å². The molecule has 0 amide bonds. The van der Waals surface area contributed by atoms with Gasteiger partial charge in [-0.1, -0.05) is 23.5 Å². The molecule has 0 saturated carbocycles. The highest BCUT2D eigenvalue weighted by Gasteiger charge is 2.28. The van der Waals surface area contributed by atoms with E-state index in [0.717, 1.165) is 17.8 Å². The van der Waals surface area contributed by atoms with E-state index in [9.17, 15) is 75.2 Å². The highest BCUT2D eigenvalue weighted by Crippen LogP contribution is 2.46. The van der Waals surface area contributed by atoms with Crippen LogP contribution in [0.1, 0.15) is 29.5 Å². The molecule has 0 bridgehead atoms. The van der Waals surface area contributed by atoms with Gasteiger partial charge in [0, 0.05) is 33.4 Å². The van der Waals surface area contributed by atoms with E-state index >= 15 is 0 Å². The lowest BCUT2D eigenvalue weighted by Gasteiger charge is -2.12. The van der Waals surface area contributed by atoms with Crippen LogP contribution in [0.5, 0.6) is 17.4 Å². The number of hydrogen-bond acceptors (Lipinski definition) is 24. The van der Waals surface area contributed by atoms with E-state index in [1.165, 1.54) is 35.8 Å². The first-order chi connectivity index (χ1) is 37.0. The molecule has 28 nitrogen and oxygen atoms in total. The number of aromatic nitrogens is 3. The lowest BCUT2D eigenvalue weighted by atomic mass is 10.1. The summed E-state index contributed by atoms with van der Waals surface area (Å²) in [6, 6.07) is 16.4. The van der Waals surface area contributed by atoms with Crippen LogP contribution in [0.3, 0.4) is 0 Å². The Morgan fingerprint density at radius 1 is 0.696 bits per heavy atom. The van der Waals surface area contributed by atoms with Crippen LogP contribution in [0.15, 0.2) is 117 Å². The highest BCUT2D eigenvalue weighted by atomic mass is 32.2. The number of ether oxygens (including phenoxy) is 2. The molecule has 0 spiro atoms. The molecule has 0 saturated heterocycles. The highest BCUT2D eigenvalue weighted by molar-refractivity contribution is 7.99. The minimum Gasteiger partial charge on any atom is -0.494 e. The lowest BCUT2D eigenvalue weighted by Crippen LogP contribution is -2.08. The molecule has 0 unspecified atom stereocenters. The summed E-state index contributed by atoms with van der Waals surface area (Å²) in [5.74, 6) is -1.64. The van der Waals surface area contributed by atoms with Crippen LogP contribution in [0.2, 0.25) is 0 Å². The zero-order valence-electron chi connectivity index (χ0n) is 40.5. The Hall–Kier alpha value is -7.21. The second kappa shape index (κ2) is 22.1. The Balaban J connectivity index is 1.20. The molecule has 3 heterocycles. The third-order valence-corrected chi connectivity index (χ3v) is 17.6. The number of imidazole rings is 1. The average molecular weight is 1220 g/mol. The van der Waals surface area contributed by atoms with E-state index in [1.807, 2.05) is 0 Å². The van der Waals surface area contributed by atoms with Crippen molar-refractivity contribution in [3.8, 4) is 23.4 Å². The molecule has 414 valence electrons. The van der Waals surface area contributed by atoms with Gasteiger partial charge in [-0.15, -0.1) is 37.3 Å². The fourth-order valence-corrected chi connectivity index (χ4v) is 12.8. The molecule has 0 fully saturated rings. The molecular formula is C44H38N10O18S7. The van der Waals surface area contributed by atoms with Gasteiger partial charge in [0.1, 0.15) is 55.5 Å². The van der Waals surface area contributed by atoms with Crippen molar-refractivity contribution in [3.63, 3.8) is 0 Å². The number of benzene rings is 5. The zero-order valence-corrected chi connectivity index (χ0v) is 46.2. The first kappa shape index (κ1) is 58.0. The summed E-state index contributed by atoms with van der Waals surface area (Å²) in [6.45, 7) is 2.90. The van der Waals surface area contributed by atoms with Crippen molar-refractivity contribution in [1.82, 2.24) is 14.4 Å². The number of aryl methyl sites for hydroxylation is 1. The number of rotatable bonds is 20. The maximum absolute atomic E-state index is 12.6. The smallest absolute Gasteiger partial charge is 0.296 e. The van der Waals surface area contributed by atoms with Crippen LogP contribution >= 0.6 is 23.1 Å². The van der Waals surface area contributed by atoms with Gasteiger partial charge < -0.3 is 14.6 Å². The maximum atomic E-state index is 12.6. The molecule has 0 aliphatic heterocycles. The fraction of sp³-hybridized carbons (Fsp3) is 0.205. The van der Waals surface area contributed by atoms with E-state index in [2.05, 4.69) is 46.7 Å². The number of nitrogens with zero attached hydrogens (tertiary/aromatic N) is 10. The minimum atomic E-state index is -5.31. The van der Waals surface area contributed by atoms with Crippen molar-refractivity contribution in [2.75, 3.05) is 31.0 Å². The summed E-state index contributed by atoms with van der Waals surface area (Å²) >= 11 is 1.56. The Bertz CT molecular complexity index is 4580. The summed E-state index contributed by atoms with van der Waals surface area (Å²) in [4.78, 5) is 5.78. The largest absolute Gasteiger partial charge is 0.494 e. The van der Waals surface area contributed by atoms with Gasteiger partial charge in [-0.3, -0.25) is 27.2 Å². The number of hydrogen-bond donors (Lipinski definition) is 6. The third-order valence-electron chi connectivity index (χ3n) is 11.3. The number of methoxy groups -OCH3 is 1. The number of pyridine rings is 1. The number of thioether (sulfide) groups is 1. The van der Waals surface area contributed by atoms with Crippen LogP contribution < -0.4 is 9.47 Å². The topological polar surface area (TPSA) is 439 Å². The molecule has 8 rings (SSSR count). The van der Waals surface area contributed by atoms with Crippen molar-refractivity contribution in [3.05, 3.63) is 83.4 Å². The molecule has 0 radical (unpaired) electrons. The van der Waals surface area contributed by atoms with Gasteiger partial charge in [0.2, 0.25) is 11.0 Å². The summed E-state index contributed by atoms with van der Waals surface area (Å²) < 4.78 is 182. The quantitative estimate of drug-likeness (QED) is 0.0179. The molecule has 5 aromatic carbocycles. The molecule has 8 aromatic rings. The first-order valence-corrected chi connectivity index (χ1v) is 31.4. The van der Waals surface area contributed by atoms with Crippen LogP contribution in [-0.4, -0.2) is 115 Å². The number of nitriles is 1.